The van der Waals surface area contributed by atoms with Crippen molar-refractivity contribution in [1.29, 1.82) is 10.8 Å². The van der Waals surface area contributed by atoms with Gasteiger partial charge in [0.05, 0.1) is 17.1 Å². The second kappa shape index (κ2) is 9.02. The monoisotopic (exact) mass is 334 g/mol. The Balaban J connectivity index is 2.07. The number of carbonyl (C=O) groups is 1. The third-order valence-corrected chi connectivity index (χ3v) is 3.23. The van der Waals surface area contributed by atoms with Crippen LogP contribution in [-0.2, 0) is 4.79 Å². The molecule has 2 aromatic carbocycles. The van der Waals surface area contributed by atoms with E-state index in [0.717, 1.165) is 6.21 Å². The van der Waals surface area contributed by atoms with Crippen molar-refractivity contribution >= 4 is 41.0 Å². The average Bonchev–Trinajstić information content (AvgIpc) is 2.61. The van der Waals surface area contributed by atoms with Gasteiger partial charge in [-0.05, 0) is 24.3 Å². The number of nitrogens with one attached hydrogen (secondary N) is 2. The number of para-hydroxylation sites is 1. The Labute approximate surface area is 145 Å². The maximum absolute atomic E-state index is 12.2. The summed E-state index contributed by atoms with van der Waals surface area (Å²) in [5, 5.41) is 24.6. The molecule has 0 heterocycles. The molecule has 0 amide bonds. The second-order valence-electron chi connectivity index (χ2n) is 5.14. The lowest BCUT2D eigenvalue weighted by atomic mass is 10.1. The van der Waals surface area contributed by atoms with Crippen LogP contribution in [0.5, 0.6) is 5.75 Å². The van der Waals surface area contributed by atoms with Crippen molar-refractivity contribution in [3.05, 3.63) is 54.6 Å². The summed E-state index contributed by atoms with van der Waals surface area (Å²) in [6, 6.07) is 15.4. The first-order chi connectivity index (χ1) is 12.1. The van der Waals surface area contributed by atoms with Crippen LogP contribution >= 0.6 is 0 Å². The van der Waals surface area contributed by atoms with Crippen LogP contribution in [0.4, 0.5) is 11.4 Å². The summed E-state index contributed by atoms with van der Waals surface area (Å²) < 4.78 is 0. The Bertz CT molecular complexity index is 826. The Morgan fingerprint density at radius 2 is 1.76 bits per heavy atom. The maximum Gasteiger partial charge on any atom is 0.187 e. The quantitative estimate of drug-likeness (QED) is 0.636. The maximum atomic E-state index is 12.2. The largest absolute Gasteiger partial charge is 0.508 e. The number of aliphatic imine (C=N–C) groups is 2. The molecule has 0 bridgehead atoms. The fourth-order valence-corrected chi connectivity index (χ4v) is 2.03. The van der Waals surface area contributed by atoms with E-state index in [1.165, 1.54) is 18.3 Å². The van der Waals surface area contributed by atoms with E-state index in [1.807, 2.05) is 18.2 Å². The Kier molecular flexibility index (Phi) is 6.47. The summed E-state index contributed by atoms with van der Waals surface area (Å²) in [6.07, 6.45) is 2.57. The summed E-state index contributed by atoms with van der Waals surface area (Å²) in [4.78, 5) is 20.6. The number of hydrogen-bond acceptors (Lipinski definition) is 6. The first-order valence-electron chi connectivity index (χ1n) is 7.65. The molecule has 25 heavy (non-hydrogen) atoms. The highest BCUT2D eigenvalue weighted by atomic mass is 16.3. The molecule has 6 heteroatoms. The van der Waals surface area contributed by atoms with Crippen molar-refractivity contribution in [2.45, 2.75) is 12.8 Å². The lowest BCUT2D eigenvalue weighted by molar-refractivity contribution is -0.111. The molecule has 2 rings (SSSR count). The highest BCUT2D eigenvalue weighted by Crippen LogP contribution is 2.17. The number of hydrogen-bond donors (Lipinski definition) is 3. The zero-order valence-electron chi connectivity index (χ0n) is 13.5. The van der Waals surface area contributed by atoms with Gasteiger partial charge < -0.3 is 10.5 Å². The van der Waals surface area contributed by atoms with Gasteiger partial charge in [-0.3, -0.25) is 20.2 Å². The SMILES string of the molecule is N=CCC(=Nc1ccccc1)C(=N)C(=O)CC=Nc1cccc(O)c1. The van der Waals surface area contributed by atoms with Crippen molar-refractivity contribution in [1.82, 2.24) is 0 Å². The Morgan fingerprint density at radius 3 is 2.44 bits per heavy atom. The second-order valence-corrected chi connectivity index (χ2v) is 5.14. The van der Waals surface area contributed by atoms with Gasteiger partial charge in [-0.25, -0.2) is 0 Å². The number of rotatable bonds is 8. The molecule has 2 aromatic rings. The van der Waals surface area contributed by atoms with Crippen LogP contribution < -0.4 is 0 Å². The van der Waals surface area contributed by atoms with Crippen molar-refractivity contribution in [3.8, 4) is 5.75 Å². The summed E-state index contributed by atoms with van der Waals surface area (Å²) in [5.41, 5.74) is 1.17. The number of Topliss-reactive ketones (excluding diaryl/α,β-unsaturated/α-hetero) is 1. The third-order valence-electron chi connectivity index (χ3n) is 3.23. The van der Waals surface area contributed by atoms with Crippen molar-refractivity contribution < 1.29 is 9.90 Å². The zero-order chi connectivity index (χ0) is 18.1. The molecule has 0 fully saturated rings. The molecule has 3 N–H and O–H groups in total. The fraction of sp³-hybridized carbons (Fsp3) is 0.105. The smallest absolute Gasteiger partial charge is 0.187 e. The lowest BCUT2D eigenvalue weighted by Crippen LogP contribution is -2.23. The highest BCUT2D eigenvalue weighted by molar-refractivity contribution is 6.68. The Morgan fingerprint density at radius 1 is 1.04 bits per heavy atom. The fourth-order valence-electron chi connectivity index (χ4n) is 2.03. The van der Waals surface area contributed by atoms with Crippen LogP contribution in [0.3, 0.4) is 0 Å². The van der Waals surface area contributed by atoms with Gasteiger partial charge in [-0.2, -0.15) is 0 Å². The van der Waals surface area contributed by atoms with Crippen molar-refractivity contribution in [2.24, 2.45) is 9.98 Å². The van der Waals surface area contributed by atoms with Gasteiger partial charge >= 0.3 is 0 Å². The summed E-state index contributed by atoms with van der Waals surface area (Å²) in [5.74, 6) is -0.336. The molecule has 0 aliphatic carbocycles. The van der Waals surface area contributed by atoms with Crippen LogP contribution in [0.1, 0.15) is 12.8 Å². The van der Waals surface area contributed by atoms with Gasteiger partial charge in [0.2, 0.25) is 0 Å². The van der Waals surface area contributed by atoms with Crippen LogP contribution in [0.15, 0.2) is 64.6 Å². The van der Waals surface area contributed by atoms with Gasteiger partial charge in [0.15, 0.2) is 5.78 Å². The third kappa shape index (κ3) is 5.62. The van der Waals surface area contributed by atoms with E-state index in [2.05, 4.69) is 9.98 Å². The van der Waals surface area contributed by atoms with Gasteiger partial charge in [-0.1, -0.05) is 24.3 Å². The van der Waals surface area contributed by atoms with Crippen LogP contribution in [0, 0.1) is 10.8 Å². The number of aromatic hydroxyl groups is 1. The number of benzene rings is 2. The molecular formula is C19H18N4O2. The van der Waals surface area contributed by atoms with Crippen LogP contribution in [0.25, 0.3) is 0 Å². The molecule has 0 atom stereocenters. The predicted molar refractivity (Wildman–Crippen MR) is 101 cm³/mol. The average molecular weight is 334 g/mol. The number of carbonyl (C=O) groups excluding carboxylic acids is 1. The van der Waals surface area contributed by atoms with E-state index in [9.17, 15) is 9.90 Å². The summed E-state index contributed by atoms with van der Waals surface area (Å²) in [6.45, 7) is 0. The molecule has 0 aliphatic rings. The normalized spacial score (nSPS) is 11.4. The van der Waals surface area contributed by atoms with E-state index in [0.29, 0.717) is 11.4 Å². The molecule has 0 radical (unpaired) electrons. The van der Waals surface area contributed by atoms with E-state index >= 15 is 0 Å². The predicted octanol–water partition coefficient (Wildman–Crippen LogP) is 3.89. The van der Waals surface area contributed by atoms with E-state index in [-0.39, 0.29) is 30.0 Å². The number of nitrogens with zero attached hydrogens (tertiary/aromatic N) is 2. The van der Waals surface area contributed by atoms with Gasteiger partial charge in [0.25, 0.3) is 0 Å². The lowest BCUT2D eigenvalue weighted by Gasteiger charge is -2.04. The van der Waals surface area contributed by atoms with Gasteiger partial charge in [-0.15, -0.1) is 0 Å². The minimum atomic E-state index is -0.430. The molecule has 0 spiro atoms. The number of phenols is 1. The number of phenolic OH excluding ortho intramolecular Hbond substituents is 1. The molecule has 0 aromatic heterocycles. The zero-order valence-corrected chi connectivity index (χ0v) is 13.5. The molecular weight excluding hydrogens is 316 g/mol. The van der Waals surface area contributed by atoms with E-state index in [1.54, 1.807) is 24.3 Å². The summed E-state index contributed by atoms with van der Waals surface area (Å²) >= 11 is 0. The van der Waals surface area contributed by atoms with Gasteiger partial charge in [0.1, 0.15) is 11.5 Å². The first-order valence-corrected chi connectivity index (χ1v) is 7.65. The van der Waals surface area contributed by atoms with E-state index in [4.69, 9.17) is 10.8 Å². The van der Waals surface area contributed by atoms with E-state index < -0.39 is 5.78 Å². The van der Waals surface area contributed by atoms with Crippen molar-refractivity contribution in [2.75, 3.05) is 0 Å². The molecule has 0 saturated heterocycles. The van der Waals surface area contributed by atoms with Crippen LogP contribution in [-0.4, -0.2) is 34.7 Å². The molecule has 126 valence electrons. The first kappa shape index (κ1) is 17.9. The van der Waals surface area contributed by atoms with Crippen molar-refractivity contribution in [3.63, 3.8) is 0 Å². The summed E-state index contributed by atoms with van der Waals surface area (Å²) in [7, 11) is 0. The van der Waals surface area contributed by atoms with Gasteiger partial charge in [0, 0.05) is 31.3 Å². The van der Waals surface area contributed by atoms with Crippen LogP contribution in [0.2, 0.25) is 0 Å². The molecule has 0 unspecified atom stereocenters. The molecule has 6 nitrogen and oxygen atoms in total. The Hall–Kier alpha value is -3.41. The minimum absolute atomic E-state index is 0.0553. The minimum Gasteiger partial charge on any atom is -0.508 e. The molecule has 0 saturated carbocycles. The standard InChI is InChI=1S/C19H18N4O2/c20-11-9-17(23-14-5-2-1-3-6-14)19(21)18(25)10-12-22-15-7-4-8-16(24)13-15/h1-8,11-13,20-21,24H,9-10H2. The molecule has 0 aliphatic heterocycles. The highest BCUT2D eigenvalue weighted by Gasteiger charge is 2.14. The topological polar surface area (TPSA) is 110 Å². The number of ketones is 1.